The lowest BCUT2D eigenvalue weighted by atomic mass is 9.78. The highest BCUT2D eigenvalue weighted by atomic mass is 16.2. The Hall–Kier alpha value is -0.570. The fourth-order valence-electron chi connectivity index (χ4n) is 3.48. The minimum absolute atomic E-state index is 0.0897. The predicted molar refractivity (Wildman–Crippen MR) is 74.1 cm³/mol. The summed E-state index contributed by atoms with van der Waals surface area (Å²) < 4.78 is 0. The van der Waals surface area contributed by atoms with Crippen LogP contribution in [-0.4, -0.2) is 29.9 Å². The van der Waals surface area contributed by atoms with Crippen molar-refractivity contribution in [1.29, 1.82) is 0 Å². The zero-order chi connectivity index (χ0) is 13.1. The van der Waals surface area contributed by atoms with Gasteiger partial charge in [0.25, 0.3) is 0 Å². The molecule has 3 atom stereocenters. The quantitative estimate of drug-likeness (QED) is 0.820. The second kappa shape index (κ2) is 6.05. The van der Waals surface area contributed by atoms with Crippen molar-refractivity contribution < 1.29 is 4.79 Å². The first kappa shape index (κ1) is 13.9. The van der Waals surface area contributed by atoms with Crippen molar-refractivity contribution in [1.82, 2.24) is 4.90 Å². The van der Waals surface area contributed by atoms with Gasteiger partial charge in [0.2, 0.25) is 5.91 Å². The van der Waals surface area contributed by atoms with E-state index in [1.54, 1.807) is 0 Å². The third-order valence-electron chi connectivity index (χ3n) is 4.99. The number of likely N-dealkylation sites (tertiary alicyclic amines) is 1. The van der Waals surface area contributed by atoms with E-state index < -0.39 is 0 Å². The minimum Gasteiger partial charge on any atom is -0.342 e. The van der Waals surface area contributed by atoms with E-state index in [1.165, 1.54) is 25.7 Å². The van der Waals surface area contributed by atoms with Crippen LogP contribution in [0.3, 0.4) is 0 Å². The van der Waals surface area contributed by atoms with E-state index >= 15 is 0 Å². The molecule has 3 nitrogen and oxygen atoms in total. The van der Waals surface area contributed by atoms with Crippen molar-refractivity contribution in [2.24, 2.45) is 23.5 Å². The fraction of sp³-hybridized carbons (Fsp3) is 0.933. The SMILES string of the molecule is CCC1CCN(C(=O)C2CC(C)CCC2N)CC1. The summed E-state index contributed by atoms with van der Waals surface area (Å²) in [5.74, 6) is 1.91. The number of piperidine rings is 1. The molecule has 3 unspecified atom stereocenters. The molecular formula is C15H28N2O. The molecule has 1 aliphatic carbocycles. The van der Waals surface area contributed by atoms with Crippen molar-refractivity contribution in [2.45, 2.75) is 58.4 Å². The number of nitrogens with zero attached hydrogens (tertiary/aromatic N) is 1. The van der Waals surface area contributed by atoms with Gasteiger partial charge in [-0.15, -0.1) is 0 Å². The molecule has 1 saturated heterocycles. The number of carbonyl (C=O) groups excluding carboxylic acids is 1. The molecule has 3 heteroatoms. The standard InChI is InChI=1S/C15H28N2O/c1-3-12-6-8-17(9-7-12)15(18)13-10-11(2)4-5-14(13)16/h11-14H,3-10,16H2,1-2H3. The minimum atomic E-state index is 0.0897. The first-order valence-electron chi connectivity index (χ1n) is 7.66. The molecule has 0 aromatic rings. The van der Waals surface area contributed by atoms with Crippen LogP contribution in [0.1, 0.15) is 52.4 Å². The number of rotatable bonds is 2. The normalized spacial score (nSPS) is 34.6. The van der Waals surface area contributed by atoms with Crippen LogP contribution in [0.25, 0.3) is 0 Å². The Bertz CT molecular complexity index is 284. The van der Waals surface area contributed by atoms with Crippen LogP contribution in [0.4, 0.5) is 0 Å². The summed E-state index contributed by atoms with van der Waals surface area (Å²) in [6.07, 6.45) is 6.81. The Balaban J connectivity index is 1.90. The Morgan fingerprint density at radius 3 is 2.50 bits per heavy atom. The highest BCUT2D eigenvalue weighted by Crippen LogP contribution is 2.30. The summed E-state index contributed by atoms with van der Waals surface area (Å²) >= 11 is 0. The van der Waals surface area contributed by atoms with Crippen molar-refractivity contribution in [3.63, 3.8) is 0 Å². The summed E-state index contributed by atoms with van der Waals surface area (Å²) in [4.78, 5) is 14.6. The van der Waals surface area contributed by atoms with Crippen LogP contribution in [0, 0.1) is 17.8 Å². The predicted octanol–water partition coefficient (Wildman–Crippen LogP) is 2.40. The van der Waals surface area contributed by atoms with E-state index in [4.69, 9.17) is 5.73 Å². The van der Waals surface area contributed by atoms with Gasteiger partial charge in [-0.1, -0.05) is 20.3 Å². The first-order valence-corrected chi connectivity index (χ1v) is 7.66. The average molecular weight is 252 g/mol. The smallest absolute Gasteiger partial charge is 0.227 e. The second-order valence-corrected chi connectivity index (χ2v) is 6.37. The van der Waals surface area contributed by atoms with Crippen LogP contribution in [0.5, 0.6) is 0 Å². The van der Waals surface area contributed by atoms with Crippen LogP contribution in [-0.2, 0) is 4.79 Å². The molecule has 0 aromatic carbocycles. The molecule has 0 aromatic heterocycles. The molecule has 2 aliphatic rings. The molecule has 1 aliphatic heterocycles. The largest absolute Gasteiger partial charge is 0.342 e. The van der Waals surface area contributed by atoms with Gasteiger partial charge in [0, 0.05) is 19.1 Å². The Labute approximate surface area is 111 Å². The van der Waals surface area contributed by atoms with Crippen LogP contribution >= 0.6 is 0 Å². The van der Waals surface area contributed by atoms with Gasteiger partial charge < -0.3 is 10.6 Å². The van der Waals surface area contributed by atoms with Gasteiger partial charge in [0.1, 0.15) is 0 Å². The number of amides is 1. The summed E-state index contributed by atoms with van der Waals surface area (Å²) in [5.41, 5.74) is 6.15. The van der Waals surface area contributed by atoms with Gasteiger partial charge >= 0.3 is 0 Å². The van der Waals surface area contributed by atoms with Crippen molar-refractivity contribution in [3.05, 3.63) is 0 Å². The summed E-state index contributed by atoms with van der Waals surface area (Å²) in [5, 5.41) is 0. The zero-order valence-corrected chi connectivity index (χ0v) is 11.9. The highest BCUT2D eigenvalue weighted by molar-refractivity contribution is 5.79. The van der Waals surface area contributed by atoms with Crippen molar-refractivity contribution in [3.8, 4) is 0 Å². The Morgan fingerprint density at radius 1 is 1.22 bits per heavy atom. The van der Waals surface area contributed by atoms with Gasteiger partial charge in [-0.2, -0.15) is 0 Å². The highest BCUT2D eigenvalue weighted by Gasteiger charge is 2.35. The topological polar surface area (TPSA) is 46.3 Å². The molecule has 0 bridgehead atoms. The van der Waals surface area contributed by atoms with E-state index in [0.717, 1.165) is 31.8 Å². The molecular weight excluding hydrogens is 224 g/mol. The van der Waals surface area contributed by atoms with E-state index in [0.29, 0.717) is 11.8 Å². The van der Waals surface area contributed by atoms with Gasteiger partial charge in [-0.05, 0) is 43.9 Å². The number of carbonyl (C=O) groups is 1. The third-order valence-corrected chi connectivity index (χ3v) is 4.99. The molecule has 1 saturated carbocycles. The van der Waals surface area contributed by atoms with E-state index in [9.17, 15) is 4.79 Å². The maximum Gasteiger partial charge on any atom is 0.227 e. The zero-order valence-electron chi connectivity index (χ0n) is 11.9. The van der Waals surface area contributed by atoms with Gasteiger partial charge in [0.15, 0.2) is 0 Å². The van der Waals surface area contributed by atoms with Crippen molar-refractivity contribution >= 4 is 5.91 Å². The lowest BCUT2D eigenvalue weighted by molar-refractivity contribution is -0.139. The van der Waals surface area contributed by atoms with Gasteiger partial charge in [-0.3, -0.25) is 4.79 Å². The maximum absolute atomic E-state index is 12.6. The molecule has 104 valence electrons. The van der Waals surface area contributed by atoms with E-state index in [-0.39, 0.29) is 12.0 Å². The van der Waals surface area contributed by atoms with Crippen LogP contribution in [0.2, 0.25) is 0 Å². The summed E-state index contributed by atoms with van der Waals surface area (Å²) in [7, 11) is 0. The molecule has 2 rings (SSSR count). The first-order chi connectivity index (χ1) is 8.61. The Morgan fingerprint density at radius 2 is 1.89 bits per heavy atom. The molecule has 0 spiro atoms. The fourth-order valence-corrected chi connectivity index (χ4v) is 3.48. The molecule has 1 heterocycles. The monoisotopic (exact) mass is 252 g/mol. The average Bonchev–Trinajstić information content (AvgIpc) is 2.41. The molecule has 0 radical (unpaired) electrons. The van der Waals surface area contributed by atoms with Crippen molar-refractivity contribution in [2.75, 3.05) is 13.1 Å². The van der Waals surface area contributed by atoms with E-state index in [1.807, 2.05) is 0 Å². The van der Waals surface area contributed by atoms with Crippen LogP contribution < -0.4 is 5.73 Å². The molecule has 2 N–H and O–H groups in total. The van der Waals surface area contributed by atoms with Gasteiger partial charge in [-0.25, -0.2) is 0 Å². The van der Waals surface area contributed by atoms with Crippen LogP contribution in [0.15, 0.2) is 0 Å². The third kappa shape index (κ3) is 3.05. The number of hydrogen-bond donors (Lipinski definition) is 1. The number of hydrogen-bond acceptors (Lipinski definition) is 2. The van der Waals surface area contributed by atoms with E-state index in [2.05, 4.69) is 18.7 Å². The summed E-state index contributed by atoms with van der Waals surface area (Å²) in [6, 6.07) is 0.0950. The molecule has 18 heavy (non-hydrogen) atoms. The summed E-state index contributed by atoms with van der Waals surface area (Å²) in [6.45, 7) is 6.40. The second-order valence-electron chi connectivity index (χ2n) is 6.37. The maximum atomic E-state index is 12.6. The Kier molecular flexibility index (Phi) is 4.66. The van der Waals surface area contributed by atoms with Gasteiger partial charge in [0.05, 0.1) is 5.92 Å². The lowest BCUT2D eigenvalue weighted by Gasteiger charge is -2.38. The molecule has 1 amide bonds. The molecule has 2 fully saturated rings. The number of nitrogens with two attached hydrogens (primary N) is 1. The lowest BCUT2D eigenvalue weighted by Crippen LogP contribution is -2.49.